The van der Waals surface area contributed by atoms with Crippen molar-refractivity contribution in [2.45, 2.75) is 4.90 Å². The maximum Gasteiger partial charge on any atom is 0.312 e. The summed E-state index contributed by atoms with van der Waals surface area (Å²) in [4.78, 5) is 9.90. The number of benzene rings is 2. The quantitative estimate of drug-likeness (QED) is 0.499. The molecule has 2 rings (SSSR count). The number of nitrogens with two attached hydrogens (primary N) is 2. The summed E-state index contributed by atoms with van der Waals surface area (Å²) in [7, 11) is -4.04. The third-order valence-corrected chi connectivity index (χ3v) is 3.45. The van der Waals surface area contributed by atoms with Gasteiger partial charge in [0, 0.05) is 17.8 Å². The Morgan fingerprint density at radius 3 is 2.43 bits per heavy atom. The molecule has 0 atom stereocenters. The molecule has 2 aromatic carbocycles. The smallest absolute Gasteiger partial charge is 0.312 e. The predicted octanol–water partition coefficient (Wildman–Crippen LogP) is 1.62. The van der Waals surface area contributed by atoms with Gasteiger partial charge in [0.05, 0.1) is 9.82 Å². The summed E-state index contributed by atoms with van der Waals surface area (Å²) in [6, 6.07) is 9.44. The first-order valence-electron chi connectivity index (χ1n) is 5.62. The van der Waals surface area contributed by atoms with Gasteiger partial charge in [0.2, 0.25) is 15.8 Å². The second-order valence-electron chi connectivity index (χ2n) is 4.11. The first kappa shape index (κ1) is 14.8. The highest BCUT2D eigenvalue weighted by Gasteiger charge is 2.20. The molecule has 0 spiro atoms. The fourth-order valence-corrected chi connectivity index (χ4v) is 2.14. The Hall–Kier alpha value is -2.65. The van der Waals surface area contributed by atoms with Crippen molar-refractivity contribution in [3.63, 3.8) is 0 Å². The van der Waals surface area contributed by atoms with Gasteiger partial charge in [-0.05, 0) is 24.3 Å². The van der Waals surface area contributed by atoms with E-state index in [2.05, 4.69) is 0 Å². The zero-order valence-electron chi connectivity index (χ0n) is 10.6. The van der Waals surface area contributed by atoms with E-state index in [1.807, 2.05) is 0 Å². The first-order chi connectivity index (χ1) is 9.77. The summed E-state index contributed by atoms with van der Waals surface area (Å²) in [6.45, 7) is 0. The van der Waals surface area contributed by atoms with Crippen molar-refractivity contribution in [2.75, 3.05) is 5.73 Å². The molecule has 0 saturated carbocycles. The molecule has 0 fully saturated rings. The van der Waals surface area contributed by atoms with Gasteiger partial charge in [0.25, 0.3) is 0 Å². The van der Waals surface area contributed by atoms with Crippen LogP contribution in [-0.4, -0.2) is 13.3 Å². The highest BCUT2D eigenvalue weighted by molar-refractivity contribution is 7.89. The molecule has 21 heavy (non-hydrogen) atoms. The second kappa shape index (κ2) is 5.38. The minimum atomic E-state index is -4.04. The highest BCUT2D eigenvalue weighted by Crippen LogP contribution is 2.33. The summed E-state index contributed by atoms with van der Waals surface area (Å²) in [5, 5.41) is 16.0. The molecule has 110 valence electrons. The number of nitrogens with zero attached hydrogens (tertiary/aromatic N) is 1. The molecule has 0 aliphatic carbocycles. The minimum Gasteiger partial charge on any atom is -0.450 e. The van der Waals surface area contributed by atoms with E-state index >= 15 is 0 Å². The standard InChI is InChI=1S/C12H11N3O5S/c13-8-2-1-3-9(6-8)20-12-5-4-10(21(14,18)19)7-11(12)15(16)17/h1-7H,13H2,(H2,14,18,19). The molecule has 0 saturated heterocycles. The van der Waals surface area contributed by atoms with Crippen molar-refractivity contribution in [1.29, 1.82) is 0 Å². The van der Waals surface area contributed by atoms with Crippen LogP contribution in [0.5, 0.6) is 11.5 Å². The van der Waals surface area contributed by atoms with Gasteiger partial charge in [-0.25, -0.2) is 13.6 Å². The van der Waals surface area contributed by atoms with E-state index in [0.29, 0.717) is 11.4 Å². The highest BCUT2D eigenvalue weighted by atomic mass is 32.2. The lowest BCUT2D eigenvalue weighted by molar-refractivity contribution is -0.385. The van der Waals surface area contributed by atoms with E-state index in [9.17, 15) is 18.5 Å². The van der Waals surface area contributed by atoms with E-state index < -0.39 is 20.6 Å². The van der Waals surface area contributed by atoms with Gasteiger partial charge >= 0.3 is 5.69 Å². The number of ether oxygens (including phenoxy) is 1. The van der Waals surface area contributed by atoms with Gasteiger partial charge in [0.1, 0.15) is 5.75 Å². The van der Waals surface area contributed by atoms with Gasteiger partial charge in [-0.15, -0.1) is 0 Å². The molecule has 0 aliphatic heterocycles. The lowest BCUT2D eigenvalue weighted by atomic mass is 10.3. The lowest BCUT2D eigenvalue weighted by Crippen LogP contribution is -2.12. The second-order valence-corrected chi connectivity index (χ2v) is 5.67. The Balaban J connectivity index is 2.47. The Morgan fingerprint density at radius 1 is 1.14 bits per heavy atom. The van der Waals surface area contributed by atoms with Crippen molar-refractivity contribution in [3.05, 3.63) is 52.6 Å². The number of sulfonamides is 1. The summed E-state index contributed by atoms with van der Waals surface area (Å²) in [5.74, 6) is 0.180. The van der Waals surface area contributed by atoms with Crippen LogP contribution in [0.3, 0.4) is 0 Å². The van der Waals surface area contributed by atoms with Crippen LogP contribution in [0.15, 0.2) is 47.4 Å². The van der Waals surface area contributed by atoms with E-state index in [-0.39, 0.29) is 10.6 Å². The average molecular weight is 309 g/mol. The summed E-state index contributed by atoms with van der Waals surface area (Å²) >= 11 is 0. The molecule has 0 aromatic heterocycles. The Bertz CT molecular complexity index is 804. The van der Waals surface area contributed by atoms with E-state index in [4.69, 9.17) is 15.6 Å². The predicted molar refractivity (Wildman–Crippen MR) is 75.4 cm³/mol. The van der Waals surface area contributed by atoms with Crippen LogP contribution >= 0.6 is 0 Å². The third-order valence-electron chi connectivity index (χ3n) is 2.54. The molecule has 0 radical (unpaired) electrons. The van der Waals surface area contributed by atoms with Crippen LogP contribution in [0.4, 0.5) is 11.4 Å². The van der Waals surface area contributed by atoms with E-state index in [1.165, 1.54) is 12.1 Å². The number of rotatable bonds is 4. The molecule has 8 nitrogen and oxygen atoms in total. The van der Waals surface area contributed by atoms with E-state index in [0.717, 1.165) is 12.1 Å². The average Bonchev–Trinajstić information content (AvgIpc) is 2.37. The topological polar surface area (TPSA) is 139 Å². The van der Waals surface area contributed by atoms with Crippen molar-refractivity contribution >= 4 is 21.4 Å². The maximum absolute atomic E-state index is 11.2. The molecule has 0 amide bonds. The Morgan fingerprint density at radius 2 is 1.86 bits per heavy atom. The number of nitrogen functional groups attached to an aromatic ring is 1. The van der Waals surface area contributed by atoms with Crippen molar-refractivity contribution in [3.8, 4) is 11.5 Å². The number of hydrogen-bond donors (Lipinski definition) is 2. The molecule has 0 heterocycles. The van der Waals surface area contributed by atoms with Gasteiger partial charge < -0.3 is 10.5 Å². The van der Waals surface area contributed by atoms with Crippen molar-refractivity contribution in [1.82, 2.24) is 0 Å². The monoisotopic (exact) mass is 309 g/mol. The maximum atomic E-state index is 11.2. The van der Waals surface area contributed by atoms with Crippen molar-refractivity contribution in [2.24, 2.45) is 5.14 Å². The zero-order chi connectivity index (χ0) is 15.6. The molecule has 0 bridgehead atoms. The molecule has 0 unspecified atom stereocenters. The van der Waals surface area contributed by atoms with Gasteiger partial charge in [-0.3, -0.25) is 10.1 Å². The molecule has 0 aliphatic rings. The summed E-state index contributed by atoms with van der Waals surface area (Å²) < 4.78 is 27.8. The Labute approximate surface area is 120 Å². The fraction of sp³-hybridized carbons (Fsp3) is 0. The number of hydrogen-bond acceptors (Lipinski definition) is 6. The van der Waals surface area contributed by atoms with Crippen LogP contribution < -0.4 is 15.6 Å². The van der Waals surface area contributed by atoms with Gasteiger partial charge in [0.15, 0.2) is 0 Å². The van der Waals surface area contributed by atoms with Crippen LogP contribution in [0.25, 0.3) is 0 Å². The summed E-state index contributed by atoms with van der Waals surface area (Å²) in [6.07, 6.45) is 0. The van der Waals surface area contributed by atoms with Gasteiger partial charge in [-0.1, -0.05) is 6.07 Å². The van der Waals surface area contributed by atoms with E-state index in [1.54, 1.807) is 18.2 Å². The van der Waals surface area contributed by atoms with Crippen LogP contribution in [-0.2, 0) is 10.0 Å². The zero-order valence-corrected chi connectivity index (χ0v) is 11.4. The third kappa shape index (κ3) is 3.46. The number of primary sulfonamides is 1. The molecular formula is C12H11N3O5S. The molecule has 9 heteroatoms. The summed E-state index contributed by atoms with van der Waals surface area (Å²) in [5.41, 5.74) is 5.50. The molecular weight excluding hydrogens is 298 g/mol. The molecule has 2 aromatic rings. The fourth-order valence-electron chi connectivity index (χ4n) is 1.61. The number of nitro benzene ring substituents is 1. The molecule has 4 N–H and O–H groups in total. The minimum absolute atomic E-state index is 0.113. The Kier molecular flexibility index (Phi) is 3.78. The van der Waals surface area contributed by atoms with Crippen LogP contribution in [0, 0.1) is 10.1 Å². The number of anilines is 1. The number of nitro groups is 1. The largest absolute Gasteiger partial charge is 0.450 e. The van der Waals surface area contributed by atoms with Crippen molar-refractivity contribution < 1.29 is 18.1 Å². The van der Waals surface area contributed by atoms with Crippen LogP contribution in [0.2, 0.25) is 0 Å². The normalized spacial score (nSPS) is 11.1. The SMILES string of the molecule is Nc1cccc(Oc2ccc(S(N)(=O)=O)cc2[N+](=O)[O-])c1. The van der Waals surface area contributed by atoms with Crippen LogP contribution in [0.1, 0.15) is 0 Å². The van der Waals surface area contributed by atoms with Gasteiger partial charge in [-0.2, -0.15) is 0 Å². The first-order valence-corrected chi connectivity index (χ1v) is 7.16. The lowest BCUT2D eigenvalue weighted by Gasteiger charge is -2.07.